The van der Waals surface area contributed by atoms with Crippen LogP contribution < -0.4 is 16.0 Å². The van der Waals surface area contributed by atoms with Gasteiger partial charge in [-0.05, 0) is 31.0 Å². The van der Waals surface area contributed by atoms with E-state index in [1.54, 1.807) is 0 Å². The van der Waals surface area contributed by atoms with Crippen LogP contribution in [0.1, 0.15) is 29.8 Å². The fourth-order valence-corrected chi connectivity index (χ4v) is 3.13. The SMILES string of the molecule is COc1c(Cl)ccc(-c2cc(N)c(Cl)c(C(=O)NOC3CCCCO3)n2)c1F. The monoisotopic (exact) mass is 429 g/mol. The number of amides is 1. The highest BCUT2D eigenvalue weighted by Crippen LogP contribution is 2.36. The van der Waals surface area contributed by atoms with Gasteiger partial charge in [0.15, 0.2) is 23.6 Å². The van der Waals surface area contributed by atoms with Crippen molar-refractivity contribution in [3.63, 3.8) is 0 Å². The van der Waals surface area contributed by atoms with Crippen LogP contribution in [0, 0.1) is 5.82 Å². The van der Waals surface area contributed by atoms with Crippen molar-refractivity contribution in [3.8, 4) is 17.0 Å². The summed E-state index contributed by atoms with van der Waals surface area (Å²) in [5, 5.41) is 0.0280. The number of carbonyl (C=O) groups is 1. The summed E-state index contributed by atoms with van der Waals surface area (Å²) in [6.45, 7) is 0.555. The van der Waals surface area contributed by atoms with Gasteiger partial charge in [-0.15, -0.1) is 0 Å². The zero-order chi connectivity index (χ0) is 20.3. The van der Waals surface area contributed by atoms with Crippen molar-refractivity contribution >= 4 is 34.8 Å². The normalized spacial score (nSPS) is 16.6. The molecule has 10 heteroatoms. The lowest BCUT2D eigenvalue weighted by atomic mass is 10.1. The number of methoxy groups -OCH3 is 1. The lowest BCUT2D eigenvalue weighted by molar-refractivity contribution is -0.186. The Bertz CT molecular complexity index is 892. The van der Waals surface area contributed by atoms with Crippen molar-refractivity contribution < 1.29 is 23.5 Å². The molecule has 1 fully saturated rings. The average molecular weight is 430 g/mol. The van der Waals surface area contributed by atoms with Crippen LogP contribution in [-0.2, 0) is 9.57 Å². The van der Waals surface area contributed by atoms with Crippen molar-refractivity contribution in [1.29, 1.82) is 0 Å². The minimum atomic E-state index is -0.734. The van der Waals surface area contributed by atoms with Gasteiger partial charge in [0, 0.05) is 18.6 Å². The number of rotatable bonds is 5. The number of nitrogens with one attached hydrogen (secondary N) is 1. The van der Waals surface area contributed by atoms with Crippen LogP contribution in [0.2, 0.25) is 10.0 Å². The van der Waals surface area contributed by atoms with Crippen LogP contribution in [0.4, 0.5) is 10.1 Å². The van der Waals surface area contributed by atoms with Gasteiger partial charge >= 0.3 is 0 Å². The Morgan fingerprint density at radius 1 is 1.39 bits per heavy atom. The molecule has 1 saturated heterocycles. The van der Waals surface area contributed by atoms with Gasteiger partial charge in [0.05, 0.1) is 28.5 Å². The van der Waals surface area contributed by atoms with E-state index in [1.807, 2.05) is 0 Å². The number of pyridine rings is 1. The highest BCUT2D eigenvalue weighted by atomic mass is 35.5. The molecule has 1 aliphatic rings. The number of nitrogens with zero attached hydrogens (tertiary/aromatic N) is 1. The number of nitrogens with two attached hydrogens (primary N) is 1. The average Bonchev–Trinajstić information content (AvgIpc) is 2.69. The summed E-state index contributed by atoms with van der Waals surface area (Å²) in [5.41, 5.74) is 8.13. The topological polar surface area (TPSA) is 95.7 Å². The molecule has 0 bridgehead atoms. The van der Waals surface area contributed by atoms with Gasteiger partial charge in [-0.3, -0.25) is 4.79 Å². The van der Waals surface area contributed by atoms with E-state index in [0.717, 1.165) is 12.8 Å². The lowest BCUT2D eigenvalue weighted by Gasteiger charge is -2.22. The summed E-state index contributed by atoms with van der Waals surface area (Å²) in [4.78, 5) is 21.9. The molecule has 2 heterocycles. The molecule has 1 unspecified atom stereocenters. The first-order valence-electron chi connectivity index (χ1n) is 8.48. The number of aromatic nitrogens is 1. The van der Waals surface area contributed by atoms with E-state index in [4.69, 9.17) is 43.2 Å². The quantitative estimate of drug-likeness (QED) is 0.697. The zero-order valence-corrected chi connectivity index (χ0v) is 16.4. The number of hydroxylamine groups is 1. The number of anilines is 1. The second kappa shape index (κ2) is 8.91. The van der Waals surface area contributed by atoms with E-state index < -0.39 is 18.0 Å². The molecule has 3 N–H and O–H groups in total. The van der Waals surface area contributed by atoms with Gasteiger partial charge in [-0.2, -0.15) is 0 Å². The van der Waals surface area contributed by atoms with Crippen LogP contribution in [-0.4, -0.2) is 30.9 Å². The van der Waals surface area contributed by atoms with Crippen LogP contribution in [0.25, 0.3) is 11.3 Å². The predicted octanol–water partition coefficient (Wildman–Crippen LogP) is 3.97. The molecule has 0 spiro atoms. The second-order valence-corrected chi connectivity index (χ2v) is 6.83. The van der Waals surface area contributed by atoms with Crippen molar-refractivity contribution in [2.75, 3.05) is 19.5 Å². The molecule has 3 rings (SSSR count). The number of halogens is 3. The molecule has 2 aromatic rings. The molecule has 1 aromatic carbocycles. The molecular weight excluding hydrogens is 412 g/mol. The van der Waals surface area contributed by atoms with Gasteiger partial charge < -0.3 is 15.2 Å². The van der Waals surface area contributed by atoms with Crippen LogP contribution in [0.3, 0.4) is 0 Å². The summed E-state index contributed by atoms with van der Waals surface area (Å²) < 4.78 is 25.1. The Morgan fingerprint density at radius 2 is 2.18 bits per heavy atom. The largest absolute Gasteiger partial charge is 0.492 e. The van der Waals surface area contributed by atoms with E-state index >= 15 is 0 Å². The summed E-state index contributed by atoms with van der Waals surface area (Å²) in [6, 6.07) is 4.22. The van der Waals surface area contributed by atoms with Gasteiger partial charge in [0.2, 0.25) is 0 Å². The molecule has 1 aromatic heterocycles. The van der Waals surface area contributed by atoms with Gasteiger partial charge in [0.1, 0.15) is 0 Å². The smallest absolute Gasteiger partial charge is 0.295 e. The van der Waals surface area contributed by atoms with Crippen LogP contribution in [0.5, 0.6) is 5.75 Å². The molecule has 1 atom stereocenters. The highest BCUT2D eigenvalue weighted by molar-refractivity contribution is 6.36. The summed E-state index contributed by atoms with van der Waals surface area (Å²) in [7, 11) is 1.29. The number of hydrogen-bond donors (Lipinski definition) is 2. The number of benzene rings is 1. The molecule has 1 amide bonds. The number of carbonyl (C=O) groups excluding carboxylic acids is 1. The van der Waals surface area contributed by atoms with Crippen molar-refractivity contribution in [1.82, 2.24) is 10.5 Å². The van der Waals surface area contributed by atoms with E-state index in [2.05, 4.69) is 10.5 Å². The maximum atomic E-state index is 14.7. The molecule has 0 aliphatic carbocycles. The third kappa shape index (κ3) is 4.30. The van der Waals surface area contributed by atoms with Crippen LogP contribution >= 0.6 is 23.2 Å². The first kappa shape index (κ1) is 20.6. The fourth-order valence-electron chi connectivity index (χ4n) is 2.73. The molecule has 150 valence electrons. The summed E-state index contributed by atoms with van der Waals surface area (Å²) >= 11 is 12.0. The van der Waals surface area contributed by atoms with Gasteiger partial charge in [-0.1, -0.05) is 23.2 Å². The minimum absolute atomic E-state index is 0.0511. The van der Waals surface area contributed by atoms with E-state index in [1.165, 1.54) is 25.3 Å². The number of hydrogen-bond acceptors (Lipinski definition) is 6. The molecule has 0 saturated carbocycles. The Balaban J connectivity index is 1.89. The van der Waals surface area contributed by atoms with Crippen molar-refractivity contribution in [2.45, 2.75) is 25.6 Å². The third-order valence-corrected chi connectivity index (χ3v) is 4.85. The maximum absolute atomic E-state index is 14.7. The minimum Gasteiger partial charge on any atom is -0.492 e. The lowest BCUT2D eigenvalue weighted by Crippen LogP contribution is -2.33. The first-order valence-corrected chi connectivity index (χ1v) is 9.24. The van der Waals surface area contributed by atoms with Crippen LogP contribution in [0.15, 0.2) is 18.2 Å². The Labute approximate surface area is 170 Å². The Kier molecular flexibility index (Phi) is 6.56. The van der Waals surface area contributed by atoms with Gasteiger partial charge in [0.25, 0.3) is 5.91 Å². The second-order valence-electron chi connectivity index (χ2n) is 6.05. The zero-order valence-electron chi connectivity index (χ0n) is 14.9. The summed E-state index contributed by atoms with van der Waals surface area (Å²) in [5.74, 6) is -1.60. The van der Waals surface area contributed by atoms with E-state index in [-0.39, 0.29) is 38.4 Å². The fraction of sp³-hybridized carbons (Fsp3) is 0.333. The Hall–Kier alpha value is -2.13. The Morgan fingerprint density at radius 3 is 2.86 bits per heavy atom. The molecule has 1 aliphatic heterocycles. The van der Waals surface area contributed by atoms with Gasteiger partial charge in [-0.25, -0.2) is 19.7 Å². The highest BCUT2D eigenvalue weighted by Gasteiger charge is 2.22. The molecule has 7 nitrogen and oxygen atoms in total. The molecule has 0 radical (unpaired) electrons. The molecule has 28 heavy (non-hydrogen) atoms. The maximum Gasteiger partial charge on any atom is 0.295 e. The third-order valence-electron chi connectivity index (χ3n) is 4.15. The van der Waals surface area contributed by atoms with Crippen molar-refractivity contribution in [3.05, 3.63) is 39.8 Å². The predicted molar refractivity (Wildman–Crippen MR) is 103 cm³/mol. The first-order chi connectivity index (χ1) is 13.4. The van der Waals surface area contributed by atoms with E-state index in [0.29, 0.717) is 13.0 Å². The molecular formula is C18H18Cl2FN3O4. The standard InChI is InChI=1S/C18H18Cl2FN3O4/c1-26-17-10(19)6-5-9(15(17)21)12-8-11(22)14(20)16(23-12)18(25)24-28-13-4-2-3-7-27-13/h5-6,8,13H,2-4,7H2,1H3,(H2,22,23)(H,24,25). The number of ether oxygens (including phenoxy) is 2. The summed E-state index contributed by atoms with van der Waals surface area (Å²) in [6.07, 6.45) is 1.98. The van der Waals surface area contributed by atoms with E-state index in [9.17, 15) is 9.18 Å². The number of nitrogen functional groups attached to an aromatic ring is 1. The van der Waals surface area contributed by atoms with Crippen molar-refractivity contribution in [2.24, 2.45) is 0 Å².